The first-order chi connectivity index (χ1) is 7.37. The second-order valence-corrected chi connectivity index (χ2v) is 5.77. The first kappa shape index (κ1) is 12.6. The third-order valence-electron chi connectivity index (χ3n) is 1.79. The fourth-order valence-corrected chi connectivity index (χ4v) is 2.19. The fourth-order valence-electron chi connectivity index (χ4n) is 1.25. The Morgan fingerprint density at radius 1 is 1.56 bits per heavy atom. The topological polar surface area (TPSA) is 87.4 Å². The molecule has 1 N–H and O–H groups in total. The molecule has 16 heavy (non-hydrogen) atoms. The number of methoxy groups -OCH3 is 1. The number of phenolic OH excluding ortho intramolecular Hbond substituents is 1. The predicted octanol–water partition coefficient (Wildman–Crippen LogP) is 1.34. The van der Waals surface area contributed by atoms with Gasteiger partial charge in [-0.3, -0.25) is 0 Å². The van der Waals surface area contributed by atoms with Gasteiger partial charge in [-0.05, 0) is 17.7 Å². The average Bonchev–Trinajstić information content (AvgIpc) is 2.14. The summed E-state index contributed by atoms with van der Waals surface area (Å²) in [5.74, 6) is -0.740. The smallest absolute Gasteiger partial charge is 0.236 e. The van der Waals surface area contributed by atoms with Crippen LogP contribution in [-0.2, 0) is 14.8 Å². The van der Waals surface area contributed by atoms with Gasteiger partial charge in [0, 0.05) is 10.7 Å². The van der Waals surface area contributed by atoms with E-state index in [9.17, 15) is 13.5 Å². The number of hydrogen-bond donors (Lipinski definition) is 1. The summed E-state index contributed by atoms with van der Waals surface area (Å²) in [5, 5.41) is 18.3. The summed E-state index contributed by atoms with van der Waals surface area (Å²) in [4.78, 5) is 0. The SMILES string of the molecule is COc1c(O)cc(CS(=O)(=O)Cl)cc1C#N. The average molecular weight is 262 g/mol. The molecule has 1 aromatic carbocycles. The Morgan fingerprint density at radius 2 is 2.19 bits per heavy atom. The van der Waals surface area contributed by atoms with E-state index in [-0.39, 0.29) is 22.6 Å². The maximum atomic E-state index is 10.8. The molecule has 0 aromatic heterocycles. The van der Waals surface area contributed by atoms with E-state index in [1.54, 1.807) is 6.07 Å². The fraction of sp³-hybridized carbons (Fsp3) is 0.222. The molecule has 0 saturated carbocycles. The molecule has 1 aromatic rings. The number of phenols is 1. The molecule has 0 heterocycles. The summed E-state index contributed by atoms with van der Waals surface area (Å²) in [5.41, 5.74) is 0.280. The molecule has 0 saturated heterocycles. The molecular formula is C9H8ClNO4S. The lowest BCUT2D eigenvalue weighted by molar-refractivity contribution is 0.372. The Labute approximate surface area is 97.3 Å². The van der Waals surface area contributed by atoms with E-state index in [2.05, 4.69) is 0 Å². The van der Waals surface area contributed by atoms with Crippen molar-refractivity contribution in [3.63, 3.8) is 0 Å². The van der Waals surface area contributed by atoms with Crippen LogP contribution < -0.4 is 4.74 Å². The largest absolute Gasteiger partial charge is 0.504 e. The second-order valence-electron chi connectivity index (χ2n) is 2.99. The van der Waals surface area contributed by atoms with Crippen molar-refractivity contribution in [2.45, 2.75) is 5.75 Å². The molecule has 7 heteroatoms. The molecule has 86 valence electrons. The summed E-state index contributed by atoms with van der Waals surface area (Å²) in [7, 11) is 2.64. The van der Waals surface area contributed by atoms with Gasteiger partial charge in [0.1, 0.15) is 6.07 Å². The van der Waals surface area contributed by atoms with Crippen LogP contribution in [0, 0.1) is 11.3 Å². The van der Waals surface area contributed by atoms with Crippen molar-refractivity contribution in [1.29, 1.82) is 5.26 Å². The second kappa shape index (κ2) is 4.60. The van der Waals surface area contributed by atoms with E-state index in [4.69, 9.17) is 20.7 Å². The van der Waals surface area contributed by atoms with E-state index < -0.39 is 14.8 Å². The highest BCUT2D eigenvalue weighted by Gasteiger charge is 2.14. The maximum Gasteiger partial charge on any atom is 0.236 e. The van der Waals surface area contributed by atoms with Crippen LogP contribution in [0.2, 0.25) is 0 Å². The lowest BCUT2D eigenvalue weighted by atomic mass is 10.1. The molecule has 0 amide bonds. The Balaban J connectivity index is 3.27. The van der Waals surface area contributed by atoms with Crippen LogP contribution in [0.3, 0.4) is 0 Å². The molecule has 1 rings (SSSR count). The van der Waals surface area contributed by atoms with E-state index in [0.29, 0.717) is 0 Å². The molecule has 0 spiro atoms. The van der Waals surface area contributed by atoms with E-state index in [0.717, 1.165) is 0 Å². The Kier molecular flexibility index (Phi) is 3.62. The minimum Gasteiger partial charge on any atom is -0.504 e. The predicted molar refractivity (Wildman–Crippen MR) is 57.9 cm³/mol. The van der Waals surface area contributed by atoms with E-state index in [1.165, 1.54) is 19.2 Å². The minimum atomic E-state index is -3.73. The van der Waals surface area contributed by atoms with E-state index in [1.807, 2.05) is 0 Å². The lowest BCUT2D eigenvalue weighted by Crippen LogP contribution is -1.97. The van der Waals surface area contributed by atoms with E-state index >= 15 is 0 Å². The molecule has 0 aliphatic rings. The summed E-state index contributed by atoms with van der Waals surface area (Å²) in [6.07, 6.45) is 0. The molecule has 0 atom stereocenters. The van der Waals surface area contributed by atoms with Crippen LogP contribution >= 0.6 is 10.7 Å². The van der Waals surface area contributed by atoms with Crippen molar-refractivity contribution >= 4 is 19.7 Å². The summed E-state index contributed by atoms with van der Waals surface area (Å²) in [6.45, 7) is 0. The first-order valence-corrected chi connectivity index (χ1v) is 6.57. The number of hydrogen-bond acceptors (Lipinski definition) is 5. The molecule has 0 fully saturated rings. The van der Waals surface area contributed by atoms with Crippen LogP contribution in [0.4, 0.5) is 0 Å². The number of aromatic hydroxyl groups is 1. The van der Waals surface area contributed by atoms with Crippen LogP contribution in [0.1, 0.15) is 11.1 Å². The number of ether oxygens (including phenoxy) is 1. The monoisotopic (exact) mass is 261 g/mol. The molecule has 0 radical (unpaired) electrons. The van der Waals surface area contributed by atoms with Crippen molar-refractivity contribution in [3.8, 4) is 17.6 Å². The molecular weight excluding hydrogens is 254 g/mol. The normalized spacial score (nSPS) is 10.8. The highest BCUT2D eigenvalue weighted by molar-refractivity contribution is 8.13. The molecule has 0 aliphatic carbocycles. The number of nitrogens with zero attached hydrogens (tertiary/aromatic N) is 1. The molecule has 5 nitrogen and oxygen atoms in total. The number of halogens is 1. The molecule has 0 aliphatic heterocycles. The minimum absolute atomic E-state index is 0.0122. The zero-order valence-electron chi connectivity index (χ0n) is 8.27. The van der Waals surface area contributed by atoms with Crippen molar-refractivity contribution in [3.05, 3.63) is 23.3 Å². The first-order valence-electron chi connectivity index (χ1n) is 4.09. The van der Waals surface area contributed by atoms with Crippen LogP contribution in [-0.4, -0.2) is 20.6 Å². The van der Waals surface area contributed by atoms with Crippen LogP contribution in [0.25, 0.3) is 0 Å². The van der Waals surface area contributed by atoms with Crippen molar-refractivity contribution in [2.24, 2.45) is 0 Å². The highest BCUT2D eigenvalue weighted by Crippen LogP contribution is 2.31. The van der Waals surface area contributed by atoms with Gasteiger partial charge in [0.05, 0.1) is 18.4 Å². The maximum absolute atomic E-state index is 10.8. The number of rotatable bonds is 3. The van der Waals surface area contributed by atoms with Gasteiger partial charge >= 0.3 is 0 Å². The Hall–Kier alpha value is -1.45. The molecule has 0 unspecified atom stereocenters. The number of nitriles is 1. The Bertz CT molecular complexity index is 547. The summed E-state index contributed by atoms with van der Waals surface area (Å²) in [6, 6.07) is 4.29. The lowest BCUT2D eigenvalue weighted by Gasteiger charge is -2.07. The zero-order valence-corrected chi connectivity index (χ0v) is 9.84. The summed E-state index contributed by atoms with van der Waals surface area (Å²) >= 11 is 0. The third-order valence-corrected chi connectivity index (χ3v) is 2.80. The van der Waals surface area contributed by atoms with Gasteiger partial charge in [0.25, 0.3) is 0 Å². The summed E-state index contributed by atoms with van der Waals surface area (Å²) < 4.78 is 26.5. The quantitative estimate of drug-likeness (QED) is 0.830. The number of benzene rings is 1. The van der Waals surface area contributed by atoms with Crippen LogP contribution in [0.5, 0.6) is 11.5 Å². The third kappa shape index (κ3) is 3.02. The van der Waals surface area contributed by atoms with Crippen molar-refractivity contribution < 1.29 is 18.3 Å². The van der Waals surface area contributed by atoms with Gasteiger partial charge in [-0.15, -0.1) is 0 Å². The van der Waals surface area contributed by atoms with Gasteiger partial charge in [-0.1, -0.05) is 0 Å². The van der Waals surface area contributed by atoms with Crippen molar-refractivity contribution in [1.82, 2.24) is 0 Å². The van der Waals surface area contributed by atoms with Gasteiger partial charge in [-0.2, -0.15) is 5.26 Å². The van der Waals surface area contributed by atoms with Crippen LogP contribution in [0.15, 0.2) is 12.1 Å². The van der Waals surface area contributed by atoms with Gasteiger partial charge < -0.3 is 9.84 Å². The van der Waals surface area contributed by atoms with Gasteiger partial charge in [0.15, 0.2) is 11.5 Å². The standard InChI is InChI=1S/C9H8ClNO4S/c1-15-9-7(4-11)2-6(3-8(9)12)5-16(10,13)14/h2-3,12H,5H2,1H3. The highest BCUT2D eigenvalue weighted by atomic mass is 35.7. The van der Waals surface area contributed by atoms with Gasteiger partial charge in [-0.25, -0.2) is 8.42 Å². The molecule has 0 bridgehead atoms. The van der Waals surface area contributed by atoms with Crippen molar-refractivity contribution in [2.75, 3.05) is 7.11 Å². The van der Waals surface area contributed by atoms with Gasteiger partial charge in [0.2, 0.25) is 9.05 Å². The zero-order chi connectivity index (χ0) is 12.3. The Morgan fingerprint density at radius 3 is 2.62 bits per heavy atom.